The Kier molecular flexibility index (Phi) is 6.66. The molecule has 0 saturated carbocycles. The number of aromatic nitrogens is 3. The van der Waals surface area contributed by atoms with E-state index in [0.717, 1.165) is 63.2 Å². The van der Waals surface area contributed by atoms with Crippen LogP contribution in [0.4, 0.5) is 0 Å². The second-order valence-corrected chi connectivity index (χ2v) is 7.48. The number of likely N-dealkylation sites (tertiary alicyclic amines) is 1. The number of hydrogen-bond acceptors (Lipinski definition) is 5. The SMILES string of the molecule is C=CCNC(=NCc1nnc(C)n1C)N1CCN(C(=O)C2CCCN2C)CC1. The van der Waals surface area contributed by atoms with Crippen molar-refractivity contribution in [2.45, 2.75) is 32.4 Å². The van der Waals surface area contributed by atoms with Gasteiger partial charge in [0.2, 0.25) is 5.91 Å². The molecule has 2 saturated heterocycles. The molecule has 154 valence electrons. The Morgan fingerprint density at radius 2 is 1.93 bits per heavy atom. The zero-order chi connectivity index (χ0) is 20.1. The zero-order valence-electron chi connectivity index (χ0n) is 17.3. The Bertz CT molecular complexity index is 720. The highest BCUT2D eigenvalue weighted by Crippen LogP contribution is 2.18. The lowest BCUT2D eigenvalue weighted by Crippen LogP contribution is -2.56. The molecular formula is C19H32N8O. The number of nitrogens with zero attached hydrogens (tertiary/aromatic N) is 7. The topological polar surface area (TPSA) is 81.9 Å². The van der Waals surface area contributed by atoms with E-state index in [0.29, 0.717) is 13.1 Å². The Morgan fingerprint density at radius 3 is 2.50 bits per heavy atom. The first-order valence-corrected chi connectivity index (χ1v) is 9.99. The van der Waals surface area contributed by atoms with Gasteiger partial charge in [0.1, 0.15) is 12.4 Å². The summed E-state index contributed by atoms with van der Waals surface area (Å²) in [6.45, 7) is 10.8. The summed E-state index contributed by atoms with van der Waals surface area (Å²) >= 11 is 0. The van der Waals surface area contributed by atoms with Crippen LogP contribution >= 0.6 is 0 Å². The molecule has 0 aliphatic carbocycles. The Labute approximate surface area is 167 Å². The minimum atomic E-state index is 0.0535. The van der Waals surface area contributed by atoms with E-state index in [1.54, 1.807) is 0 Å². The zero-order valence-corrected chi connectivity index (χ0v) is 17.3. The number of carbonyl (C=O) groups excluding carboxylic acids is 1. The molecule has 1 aromatic rings. The van der Waals surface area contributed by atoms with E-state index in [1.165, 1.54) is 0 Å². The molecule has 1 unspecified atom stereocenters. The van der Waals surface area contributed by atoms with Crippen LogP contribution < -0.4 is 5.32 Å². The van der Waals surface area contributed by atoms with Crippen LogP contribution in [0.15, 0.2) is 17.6 Å². The highest BCUT2D eigenvalue weighted by Gasteiger charge is 2.33. The van der Waals surface area contributed by atoms with E-state index in [9.17, 15) is 4.79 Å². The fourth-order valence-corrected chi connectivity index (χ4v) is 3.74. The largest absolute Gasteiger partial charge is 0.353 e. The summed E-state index contributed by atoms with van der Waals surface area (Å²) in [5.74, 6) is 2.79. The lowest BCUT2D eigenvalue weighted by atomic mass is 10.2. The number of rotatable bonds is 5. The normalized spacial score (nSPS) is 21.2. The summed E-state index contributed by atoms with van der Waals surface area (Å²) in [7, 11) is 3.99. The van der Waals surface area contributed by atoms with Crippen molar-refractivity contribution in [1.82, 2.24) is 34.8 Å². The molecule has 1 amide bonds. The second-order valence-electron chi connectivity index (χ2n) is 7.48. The van der Waals surface area contributed by atoms with Gasteiger partial charge in [-0.2, -0.15) is 0 Å². The van der Waals surface area contributed by atoms with Crippen LogP contribution in [0.5, 0.6) is 0 Å². The summed E-state index contributed by atoms with van der Waals surface area (Å²) in [6, 6.07) is 0.0535. The average molecular weight is 389 g/mol. The van der Waals surface area contributed by atoms with Crippen molar-refractivity contribution in [2.24, 2.45) is 12.0 Å². The standard InChI is InChI=1S/C19H32N8O/c1-5-8-20-19(21-14-17-23-22-15(2)25(17)4)27-12-10-26(11-13-27)18(28)16-7-6-9-24(16)3/h5,16H,1,6-14H2,2-4H3,(H,20,21). The molecule has 2 aliphatic heterocycles. The van der Waals surface area contributed by atoms with Crippen molar-refractivity contribution in [3.05, 3.63) is 24.3 Å². The number of piperazine rings is 1. The van der Waals surface area contributed by atoms with Crippen molar-refractivity contribution < 1.29 is 4.79 Å². The van der Waals surface area contributed by atoms with Crippen LogP contribution in [0.25, 0.3) is 0 Å². The predicted molar refractivity (Wildman–Crippen MR) is 109 cm³/mol. The van der Waals surface area contributed by atoms with Crippen LogP contribution in [-0.4, -0.2) is 93.7 Å². The molecule has 9 heteroatoms. The minimum absolute atomic E-state index is 0.0535. The van der Waals surface area contributed by atoms with Crippen LogP contribution in [0.2, 0.25) is 0 Å². The number of guanidine groups is 1. The van der Waals surface area contributed by atoms with Crippen LogP contribution in [0, 0.1) is 6.92 Å². The lowest BCUT2D eigenvalue weighted by molar-refractivity contribution is -0.136. The number of likely N-dealkylation sites (N-methyl/N-ethyl adjacent to an activating group) is 1. The Balaban J connectivity index is 1.61. The number of hydrogen-bond donors (Lipinski definition) is 1. The van der Waals surface area contributed by atoms with Gasteiger partial charge in [-0.15, -0.1) is 16.8 Å². The van der Waals surface area contributed by atoms with Gasteiger partial charge in [-0.25, -0.2) is 4.99 Å². The maximum absolute atomic E-state index is 12.8. The van der Waals surface area contributed by atoms with E-state index in [-0.39, 0.29) is 11.9 Å². The number of aliphatic imine (C=N–C) groups is 1. The fourth-order valence-electron chi connectivity index (χ4n) is 3.74. The molecule has 28 heavy (non-hydrogen) atoms. The maximum Gasteiger partial charge on any atom is 0.240 e. The molecule has 0 spiro atoms. The third-order valence-electron chi connectivity index (χ3n) is 5.65. The van der Waals surface area contributed by atoms with Crippen molar-refractivity contribution in [3.8, 4) is 0 Å². The summed E-state index contributed by atoms with van der Waals surface area (Å²) in [5, 5.41) is 11.6. The molecule has 2 fully saturated rings. The van der Waals surface area contributed by atoms with Gasteiger partial charge in [-0.05, 0) is 33.4 Å². The molecule has 3 heterocycles. The molecule has 3 rings (SSSR count). The number of carbonyl (C=O) groups is 1. The van der Waals surface area contributed by atoms with E-state index in [4.69, 9.17) is 4.99 Å². The molecule has 1 atom stereocenters. The van der Waals surface area contributed by atoms with Gasteiger partial charge in [-0.3, -0.25) is 9.69 Å². The van der Waals surface area contributed by atoms with Gasteiger partial charge >= 0.3 is 0 Å². The smallest absolute Gasteiger partial charge is 0.240 e. The number of nitrogens with one attached hydrogen (secondary N) is 1. The maximum atomic E-state index is 12.8. The molecule has 0 radical (unpaired) electrons. The fraction of sp³-hybridized carbons (Fsp3) is 0.684. The first kappa shape index (κ1) is 20.3. The van der Waals surface area contributed by atoms with Crippen molar-refractivity contribution in [1.29, 1.82) is 0 Å². The van der Waals surface area contributed by atoms with Crippen molar-refractivity contribution in [2.75, 3.05) is 46.3 Å². The summed E-state index contributed by atoms with van der Waals surface area (Å²) in [4.78, 5) is 23.9. The predicted octanol–water partition coefficient (Wildman–Crippen LogP) is -0.00648. The Hall–Kier alpha value is -2.42. The molecule has 2 aliphatic rings. The van der Waals surface area contributed by atoms with Gasteiger partial charge < -0.3 is 19.7 Å². The molecule has 9 nitrogen and oxygen atoms in total. The van der Waals surface area contributed by atoms with E-state index >= 15 is 0 Å². The Morgan fingerprint density at radius 1 is 1.21 bits per heavy atom. The highest BCUT2D eigenvalue weighted by molar-refractivity contribution is 5.83. The molecule has 0 bridgehead atoms. The van der Waals surface area contributed by atoms with E-state index in [1.807, 2.05) is 36.6 Å². The van der Waals surface area contributed by atoms with Crippen LogP contribution in [0.3, 0.4) is 0 Å². The van der Waals surface area contributed by atoms with Gasteiger partial charge in [0, 0.05) is 39.8 Å². The monoisotopic (exact) mass is 388 g/mol. The lowest BCUT2D eigenvalue weighted by Gasteiger charge is -2.38. The van der Waals surface area contributed by atoms with E-state index < -0.39 is 0 Å². The van der Waals surface area contributed by atoms with Crippen LogP contribution in [-0.2, 0) is 18.4 Å². The quantitative estimate of drug-likeness (QED) is 0.434. The minimum Gasteiger partial charge on any atom is -0.353 e. The summed E-state index contributed by atoms with van der Waals surface area (Å²) in [5.41, 5.74) is 0. The van der Waals surface area contributed by atoms with Crippen LogP contribution in [0.1, 0.15) is 24.5 Å². The second kappa shape index (κ2) is 9.18. The number of aryl methyl sites for hydroxylation is 1. The molecule has 0 aromatic carbocycles. The summed E-state index contributed by atoms with van der Waals surface area (Å²) in [6.07, 6.45) is 3.90. The number of amides is 1. The van der Waals surface area contributed by atoms with Crippen molar-refractivity contribution in [3.63, 3.8) is 0 Å². The van der Waals surface area contributed by atoms with Gasteiger partial charge in [0.25, 0.3) is 0 Å². The molecule has 1 N–H and O–H groups in total. The van der Waals surface area contributed by atoms with Gasteiger partial charge in [0.05, 0.1) is 6.04 Å². The first-order chi connectivity index (χ1) is 13.5. The molecular weight excluding hydrogens is 356 g/mol. The van der Waals surface area contributed by atoms with Gasteiger partial charge in [-0.1, -0.05) is 6.08 Å². The van der Waals surface area contributed by atoms with E-state index in [2.05, 4.69) is 31.9 Å². The van der Waals surface area contributed by atoms with Gasteiger partial charge in [0.15, 0.2) is 11.8 Å². The van der Waals surface area contributed by atoms with Crippen molar-refractivity contribution >= 4 is 11.9 Å². The third-order valence-corrected chi connectivity index (χ3v) is 5.65. The summed E-state index contributed by atoms with van der Waals surface area (Å²) < 4.78 is 1.95. The first-order valence-electron chi connectivity index (χ1n) is 9.99. The molecule has 1 aromatic heterocycles. The average Bonchev–Trinajstić information content (AvgIpc) is 3.27. The highest BCUT2D eigenvalue weighted by atomic mass is 16.2. The third kappa shape index (κ3) is 4.52.